The Morgan fingerprint density at radius 1 is 0.435 bits per heavy atom. The van der Waals surface area contributed by atoms with Crippen LogP contribution in [-0.2, 0) is 70.4 Å². The first-order valence-electron chi connectivity index (χ1n) is 21.4. The molecule has 0 aromatic heterocycles. The fourth-order valence-electron chi connectivity index (χ4n) is 6.44. The van der Waals surface area contributed by atoms with Crippen molar-refractivity contribution in [2.24, 2.45) is 11.7 Å². The van der Waals surface area contributed by atoms with Crippen LogP contribution in [0.3, 0.4) is 0 Å². The van der Waals surface area contributed by atoms with Crippen molar-refractivity contribution in [1.29, 1.82) is 0 Å². The van der Waals surface area contributed by atoms with Crippen molar-refractivity contribution in [2.45, 2.75) is 120 Å². The van der Waals surface area contributed by atoms with Crippen LogP contribution in [0.4, 0.5) is 0 Å². The molecule has 0 heterocycles. The third kappa shape index (κ3) is 21.5. The van der Waals surface area contributed by atoms with Gasteiger partial charge in [-0.2, -0.15) is 0 Å². The highest BCUT2D eigenvalue weighted by Gasteiger charge is 2.35. The number of aliphatic carboxylic acids is 5. The summed E-state index contributed by atoms with van der Waals surface area (Å²) in [6.07, 6.45) is -4.61. The topological polar surface area (TPSA) is 416 Å². The fraction of sp³-hybridized carbons (Fsp3) is 0.455. The number of carbonyl (C=O) groups excluding carboxylic acids is 7. The van der Waals surface area contributed by atoms with Crippen LogP contribution in [0.15, 0.2) is 60.7 Å². The maximum absolute atomic E-state index is 14.4. The standard InChI is InChI=1S/C44H58N8O17/c1-22(2)16-28(49-43(67)31(20-35(57)58)48-38(62)26(45)19-34(55)56)40(64)50-30(18-25-12-8-5-9-13-25)42(66)51-29(17-24-10-6-4-7-11-24)41(65)47-27(14-15-33(53)54)39(63)46-23(3)37(61)52-32(44(68)69)21-36(59)60/h4-13,22-23,26-32H,14-21,45H2,1-3H3,(H,46,63)(H,47,65)(H,48,62)(H,49,67)(H,50,64)(H,51,66)(H,52,61)(H,53,54)(H,55,56)(H,57,58)(H,59,60)(H,68,69)/t23-,26-,27-,28-,29-,30-,31-,32-/m0/s1. The minimum atomic E-state index is -1.87. The largest absolute Gasteiger partial charge is 0.481 e. The van der Waals surface area contributed by atoms with Crippen LogP contribution in [0.1, 0.15) is 70.4 Å². The second-order valence-corrected chi connectivity index (χ2v) is 16.3. The molecule has 7 amide bonds. The number of rotatable bonds is 30. The molecular weight excluding hydrogens is 913 g/mol. The SMILES string of the molecule is CC(C)C[C@H](NC(=O)[C@H](CC(=O)O)NC(=O)[C@@H](N)CC(=O)O)C(=O)N[C@@H](Cc1ccccc1)C(=O)N[C@@H](Cc1ccccc1)C(=O)N[C@@H](CCC(=O)O)C(=O)N[C@@H](C)C(=O)N[C@@H](CC(=O)O)C(=O)O. The summed E-state index contributed by atoms with van der Waals surface area (Å²) in [5, 5.41) is 62.5. The van der Waals surface area contributed by atoms with E-state index in [4.69, 9.17) is 15.9 Å². The summed E-state index contributed by atoms with van der Waals surface area (Å²) in [4.78, 5) is 152. The Bertz CT molecular complexity index is 2180. The van der Waals surface area contributed by atoms with Gasteiger partial charge in [0, 0.05) is 19.3 Å². The van der Waals surface area contributed by atoms with E-state index in [-0.39, 0.29) is 25.2 Å². The van der Waals surface area contributed by atoms with Gasteiger partial charge < -0.3 is 68.5 Å². The summed E-state index contributed by atoms with van der Waals surface area (Å²) in [7, 11) is 0. The molecule has 69 heavy (non-hydrogen) atoms. The first-order valence-corrected chi connectivity index (χ1v) is 21.4. The Labute approximate surface area is 394 Å². The number of amides is 7. The lowest BCUT2D eigenvalue weighted by Crippen LogP contribution is -2.61. The molecule has 0 saturated heterocycles. The van der Waals surface area contributed by atoms with Gasteiger partial charge in [-0.3, -0.25) is 52.7 Å². The lowest BCUT2D eigenvalue weighted by molar-refractivity contribution is -0.147. The van der Waals surface area contributed by atoms with Crippen molar-refractivity contribution in [2.75, 3.05) is 0 Å². The third-order valence-electron chi connectivity index (χ3n) is 9.94. The van der Waals surface area contributed by atoms with Crippen molar-refractivity contribution in [3.63, 3.8) is 0 Å². The number of nitrogens with one attached hydrogen (secondary N) is 7. The van der Waals surface area contributed by atoms with Crippen molar-refractivity contribution >= 4 is 71.2 Å². The monoisotopic (exact) mass is 970 g/mol. The molecule has 376 valence electrons. The molecule has 0 aliphatic rings. The lowest BCUT2D eigenvalue weighted by atomic mass is 9.99. The highest BCUT2D eigenvalue weighted by atomic mass is 16.4. The second-order valence-electron chi connectivity index (χ2n) is 16.3. The minimum Gasteiger partial charge on any atom is -0.481 e. The maximum Gasteiger partial charge on any atom is 0.326 e. The molecule has 25 heteroatoms. The van der Waals surface area contributed by atoms with E-state index in [9.17, 15) is 72.9 Å². The van der Waals surface area contributed by atoms with Gasteiger partial charge in [0.25, 0.3) is 0 Å². The van der Waals surface area contributed by atoms with E-state index in [0.29, 0.717) is 11.1 Å². The second kappa shape index (κ2) is 28.3. The Morgan fingerprint density at radius 2 is 0.812 bits per heavy atom. The Hall–Kier alpha value is -7.96. The molecule has 14 N–H and O–H groups in total. The predicted molar refractivity (Wildman–Crippen MR) is 238 cm³/mol. The molecule has 25 nitrogen and oxygen atoms in total. The Kier molecular flexibility index (Phi) is 23.4. The molecular formula is C44H58N8O17. The van der Waals surface area contributed by atoms with Crippen LogP contribution in [0, 0.1) is 5.92 Å². The summed E-state index contributed by atoms with van der Waals surface area (Å²) in [6.45, 7) is 4.49. The number of carboxylic acid groups (broad SMARTS) is 5. The van der Waals surface area contributed by atoms with Crippen molar-refractivity contribution in [3.8, 4) is 0 Å². The quantitative estimate of drug-likeness (QED) is 0.0389. The first-order chi connectivity index (χ1) is 32.4. The van der Waals surface area contributed by atoms with Crippen molar-refractivity contribution in [1.82, 2.24) is 37.2 Å². The van der Waals surface area contributed by atoms with Gasteiger partial charge >= 0.3 is 29.8 Å². The van der Waals surface area contributed by atoms with Crippen LogP contribution in [-0.4, -0.2) is 145 Å². The van der Waals surface area contributed by atoms with Crippen LogP contribution in [0.25, 0.3) is 0 Å². The zero-order chi connectivity index (χ0) is 52.0. The zero-order valence-electron chi connectivity index (χ0n) is 37.8. The normalized spacial score (nSPS) is 14.3. The van der Waals surface area contributed by atoms with E-state index in [2.05, 4.69) is 31.9 Å². The highest BCUT2D eigenvalue weighted by Crippen LogP contribution is 2.12. The van der Waals surface area contributed by atoms with Crippen molar-refractivity contribution in [3.05, 3.63) is 71.8 Å². The predicted octanol–water partition coefficient (Wildman–Crippen LogP) is -2.37. The molecule has 0 spiro atoms. The number of hydrogen-bond donors (Lipinski definition) is 13. The van der Waals surface area contributed by atoms with Gasteiger partial charge in [-0.15, -0.1) is 0 Å². The first kappa shape index (κ1) is 57.2. The molecule has 0 bridgehead atoms. The Balaban J connectivity index is 2.50. The van der Waals surface area contributed by atoms with E-state index >= 15 is 0 Å². The van der Waals surface area contributed by atoms with E-state index in [0.717, 1.165) is 6.92 Å². The van der Waals surface area contributed by atoms with E-state index in [1.54, 1.807) is 74.5 Å². The molecule has 0 aliphatic carbocycles. The van der Waals surface area contributed by atoms with Gasteiger partial charge in [0.1, 0.15) is 42.3 Å². The molecule has 2 aromatic carbocycles. The maximum atomic E-state index is 14.4. The molecule has 0 aliphatic heterocycles. The summed E-state index contributed by atoms with van der Waals surface area (Å²) in [6, 6.07) is 3.27. The molecule has 2 aromatic rings. The fourth-order valence-corrected chi connectivity index (χ4v) is 6.44. The minimum absolute atomic E-state index is 0.0922. The summed E-state index contributed by atoms with van der Waals surface area (Å²) < 4.78 is 0. The number of carbonyl (C=O) groups is 12. The molecule has 0 radical (unpaired) electrons. The third-order valence-corrected chi connectivity index (χ3v) is 9.94. The summed E-state index contributed by atoms with van der Waals surface area (Å²) in [5.74, 6) is -15.4. The van der Waals surface area contributed by atoms with Crippen LogP contribution < -0.4 is 43.0 Å². The van der Waals surface area contributed by atoms with Gasteiger partial charge in [-0.1, -0.05) is 74.5 Å². The Morgan fingerprint density at radius 3 is 1.25 bits per heavy atom. The molecule has 0 fully saturated rings. The van der Waals surface area contributed by atoms with E-state index in [1.165, 1.54) is 0 Å². The molecule has 8 atom stereocenters. The number of nitrogens with two attached hydrogens (primary N) is 1. The van der Waals surface area contributed by atoms with Gasteiger partial charge in [0.15, 0.2) is 0 Å². The van der Waals surface area contributed by atoms with Crippen LogP contribution in [0.2, 0.25) is 0 Å². The van der Waals surface area contributed by atoms with Gasteiger partial charge in [-0.05, 0) is 36.8 Å². The number of carboxylic acids is 5. The van der Waals surface area contributed by atoms with E-state index < -0.39 is 152 Å². The average Bonchev–Trinajstić information content (AvgIpc) is 3.26. The molecule has 0 unspecified atom stereocenters. The van der Waals surface area contributed by atoms with Crippen LogP contribution in [0.5, 0.6) is 0 Å². The molecule has 0 saturated carbocycles. The number of hydrogen-bond acceptors (Lipinski definition) is 13. The zero-order valence-corrected chi connectivity index (χ0v) is 37.8. The summed E-state index contributed by atoms with van der Waals surface area (Å²) in [5.41, 5.74) is 6.59. The smallest absolute Gasteiger partial charge is 0.326 e. The van der Waals surface area contributed by atoms with E-state index in [1.807, 2.05) is 5.32 Å². The highest BCUT2D eigenvalue weighted by molar-refractivity contribution is 5.98. The summed E-state index contributed by atoms with van der Waals surface area (Å²) >= 11 is 0. The number of benzene rings is 2. The van der Waals surface area contributed by atoms with Crippen LogP contribution >= 0.6 is 0 Å². The van der Waals surface area contributed by atoms with Gasteiger partial charge in [-0.25, -0.2) is 4.79 Å². The van der Waals surface area contributed by atoms with Gasteiger partial charge in [0.05, 0.1) is 25.3 Å². The molecule has 2 rings (SSSR count). The average molecular weight is 971 g/mol. The van der Waals surface area contributed by atoms with Crippen molar-refractivity contribution < 1.29 is 83.1 Å². The lowest BCUT2D eigenvalue weighted by Gasteiger charge is -2.28. The van der Waals surface area contributed by atoms with Gasteiger partial charge in [0.2, 0.25) is 41.4 Å².